The molecular formula is C17H18ClNO2. The molecule has 2 rings (SSSR count). The second-order valence-electron chi connectivity index (χ2n) is 4.55. The van der Waals surface area contributed by atoms with Crippen LogP contribution in [-0.4, -0.2) is 19.1 Å². The molecule has 0 unspecified atom stereocenters. The van der Waals surface area contributed by atoms with Gasteiger partial charge in [0, 0.05) is 0 Å². The van der Waals surface area contributed by atoms with Crippen LogP contribution >= 0.6 is 11.6 Å². The highest BCUT2D eigenvalue weighted by molar-refractivity contribution is 6.33. The van der Waals surface area contributed by atoms with E-state index >= 15 is 0 Å². The molecule has 0 atom stereocenters. The quantitative estimate of drug-likeness (QED) is 0.826. The number of halogens is 1. The monoisotopic (exact) mass is 303 g/mol. The van der Waals surface area contributed by atoms with Gasteiger partial charge in [0.15, 0.2) is 0 Å². The molecule has 0 fully saturated rings. The molecule has 3 nitrogen and oxygen atoms in total. The molecule has 21 heavy (non-hydrogen) atoms. The van der Waals surface area contributed by atoms with E-state index in [0.717, 1.165) is 17.7 Å². The van der Waals surface area contributed by atoms with Gasteiger partial charge in [0.25, 0.3) is 5.91 Å². The van der Waals surface area contributed by atoms with E-state index in [1.165, 1.54) is 0 Å². The Morgan fingerprint density at radius 3 is 2.62 bits per heavy atom. The Kier molecular flexibility index (Phi) is 5.64. The van der Waals surface area contributed by atoms with Gasteiger partial charge >= 0.3 is 0 Å². The molecule has 2 aromatic rings. The normalized spacial score (nSPS) is 10.2. The third-order valence-electron chi connectivity index (χ3n) is 3.12. The lowest BCUT2D eigenvalue weighted by molar-refractivity contribution is 0.0947. The number of hydrogen-bond acceptors (Lipinski definition) is 2. The molecule has 110 valence electrons. The summed E-state index contributed by atoms with van der Waals surface area (Å²) in [5, 5.41) is 3.25. The van der Waals surface area contributed by atoms with Crippen LogP contribution in [0.4, 0.5) is 0 Å². The number of aryl methyl sites for hydroxylation is 1. The molecule has 0 aromatic heterocycles. The summed E-state index contributed by atoms with van der Waals surface area (Å²) >= 11 is 5.98. The lowest BCUT2D eigenvalue weighted by Gasteiger charge is -2.11. The molecule has 0 radical (unpaired) electrons. The summed E-state index contributed by atoms with van der Waals surface area (Å²) in [5.74, 6) is 0.681. The van der Waals surface area contributed by atoms with E-state index in [1.807, 2.05) is 24.3 Å². The number of nitrogens with one attached hydrogen (secondary N) is 1. The summed E-state index contributed by atoms with van der Waals surface area (Å²) in [6.45, 7) is 2.94. The first-order valence-corrected chi connectivity index (χ1v) is 7.33. The number of ether oxygens (including phenoxy) is 1. The zero-order valence-electron chi connectivity index (χ0n) is 11.9. The molecular weight excluding hydrogens is 286 g/mol. The highest BCUT2D eigenvalue weighted by atomic mass is 35.5. The molecule has 0 aliphatic carbocycles. The summed E-state index contributed by atoms with van der Waals surface area (Å²) in [4.78, 5) is 11.9. The zero-order valence-corrected chi connectivity index (χ0v) is 12.7. The van der Waals surface area contributed by atoms with Crippen molar-refractivity contribution in [3.8, 4) is 5.75 Å². The highest BCUT2D eigenvalue weighted by Crippen LogP contribution is 2.18. The van der Waals surface area contributed by atoms with Gasteiger partial charge in [-0.05, 0) is 30.2 Å². The fraction of sp³-hybridized carbons (Fsp3) is 0.235. The number of amides is 1. The maximum atomic E-state index is 11.9. The smallest absolute Gasteiger partial charge is 0.252 e. The van der Waals surface area contributed by atoms with Crippen molar-refractivity contribution in [2.45, 2.75) is 13.3 Å². The largest absolute Gasteiger partial charge is 0.491 e. The Morgan fingerprint density at radius 1 is 1.14 bits per heavy atom. The maximum absolute atomic E-state index is 11.9. The number of benzene rings is 2. The first-order valence-electron chi connectivity index (χ1n) is 6.95. The van der Waals surface area contributed by atoms with Gasteiger partial charge in [0.2, 0.25) is 0 Å². The van der Waals surface area contributed by atoms with Crippen LogP contribution in [0.15, 0.2) is 48.5 Å². The summed E-state index contributed by atoms with van der Waals surface area (Å²) in [6, 6.07) is 14.9. The second-order valence-corrected chi connectivity index (χ2v) is 4.95. The zero-order chi connectivity index (χ0) is 15.1. The van der Waals surface area contributed by atoms with Gasteiger partial charge in [0.05, 0.1) is 17.1 Å². The van der Waals surface area contributed by atoms with Crippen LogP contribution in [0.2, 0.25) is 5.02 Å². The van der Waals surface area contributed by atoms with Gasteiger partial charge in [-0.2, -0.15) is 0 Å². The standard InChI is InChI=1S/C17H18ClNO2/c1-2-13-7-3-6-10-16(13)21-12-11-19-17(20)14-8-4-5-9-15(14)18/h3-10H,2,11-12H2,1H3,(H,19,20). The van der Waals surface area contributed by atoms with E-state index in [0.29, 0.717) is 23.7 Å². The molecule has 0 saturated heterocycles. The summed E-state index contributed by atoms with van der Waals surface area (Å²) < 4.78 is 5.70. The van der Waals surface area contributed by atoms with Crippen LogP contribution in [0.5, 0.6) is 5.75 Å². The lowest BCUT2D eigenvalue weighted by atomic mass is 10.1. The Balaban J connectivity index is 1.82. The average molecular weight is 304 g/mol. The van der Waals surface area contributed by atoms with Gasteiger partial charge in [-0.1, -0.05) is 48.9 Å². The number of hydrogen-bond donors (Lipinski definition) is 1. The van der Waals surface area contributed by atoms with Crippen molar-refractivity contribution in [1.82, 2.24) is 5.32 Å². The molecule has 4 heteroatoms. The summed E-state index contributed by atoms with van der Waals surface area (Å²) in [7, 11) is 0. The SMILES string of the molecule is CCc1ccccc1OCCNC(=O)c1ccccc1Cl. The van der Waals surface area contributed by atoms with Gasteiger partial charge in [-0.25, -0.2) is 0 Å². The van der Waals surface area contributed by atoms with Crippen LogP contribution in [0, 0.1) is 0 Å². The highest BCUT2D eigenvalue weighted by Gasteiger charge is 2.08. The molecule has 0 aliphatic rings. The predicted octanol–water partition coefficient (Wildman–Crippen LogP) is 3.71. The number of carbonyl (C=O) groups is 1. The fourth-order valence-electron chi connectivity index (χ4n) is 2.00. The number of para-hydroxylation sites is 1. The fourth-order valence-corrected chi connectivity index (χ4v) is 2.22. The molecule has 0 heterocycles. The first-order chi connectivity index (χ1) is 10.2. The van der Waals surface area contributed by atoms with Gasteiger partial charge in [0.1, 0.15) is 12.4 Å². The van der Waals surface area contributed by atoms with Crippen molar-refractivity contribution >= 4 is 17.5 Å². The van der Waals surface area contributed by atoms with Crippen molar-refractivity contribution in [2.24, 2.45) is 0 Å². The first kappa shape index (κ1) is 15.4. The van der Waals surface area contributed by atoms with Gasteiger partial charge in [-0.3, -0.25) is 4.79 Å². The minimum Gasteiger partial charge on any atom is -0.491 e. The van der Waals surface area contributed by atoms with Crippen molar-refractivity contribution in [3.63, 3.8) is 0 Å². The molecule has 0 aliphatic heterocycles. The third kappa shape index (κ3) is 4.23. The van der Waals surface area contributed by atoms with E-state index in [4.69, 9.17) is 16.3 Å². The van der Waals surface area contributed by atoms with Crippen LogP contribution in [-0.2, 0) is 6.42 Å². The molecule has 0 spiro atoms. The third-order valence-corrected chi connectivity index (χ3v) is 3.45. The van der Waals surface area contributed by atoms with Crippen LogP contribution in [0.1, 0.15) is 22.8 Å². The van der Waals surface area contributed by atoms with Crippen molar-refractivity contribution in [1.29, 1.82) is 0 Å². The Bertz CT molecular complexity index is 613. The van der Waals surface area contributed by atoms with Crippen LogP contribution in [0.25, 0.3) is 0 Å². The number of carbonyl (C=O) groups excluding carboxylic acids is 1. The van der Waals surface area contributed by atoms with E-state index in [9.17, 15) is 4.79 Å². The van der Waals surface area contributed by atoms with E-state index in [-0.39, 0.29) is 5.91 Å². The van der Waals surface area contributed by atoms with E-state index < -0.39 is 0 Å². The second kappa shape index (κ2) is 7.70. The van der Waals surface area contributed by atoms with Crippen molar-refractivity contribution < 1.29 is 9.53 Å². The Morgan fingerprint density at radius 2 is 1.86 bits per heavy atom. The van der Waals surface area contributed by atoms with Crippen LogP contribution in [0.3, 0.4) is 0 Å². The molecule has 1 N–H and O–H groups in total. The Labute approximate surface area is 129 Å². The van der Waals surface area contributed by atoms with Crippen molar-refractivity contribution in [2.75, 3.05) is 13.2 Å². The lowest BCUT2D eigenvalue weighted by Crippen LogP contribution is -2.28. The summed E-state index contributed by atoms with van der Waals surface area (Å²) in [6.07, 6.45) is 0.919. The minimum atomic E-state index is -0.187. The average Bonchev–Trinajstić information content (AvgIpc) is 2.52. The minimum absolute atomic E-state index is 0.187. The van der Waals surface area contributed by atoms with Crippen LogP contribution < -0.4 is 10.1 Å². The van der Waals surface area contributed by atoms with E-state index in [2.05, 4.69) is 12.2 Å². The maximum Gasteiger partial charge on any atom is 0.252 e. The molecule has 0 saturated carbocycles. The van der Waals surface area contributed by atoms with Crippen molar-refractivity contribution in [3.05, 3.63) is 64.7 Å². The molecule has 0 bridgehead atoms. The van der Waals surface area contributed by atoms with E-state index in [1.54, 1.807) is 24.3 Å². The van der Waals surface area contributed by atoms with Gasteiger partial charge in [-0.15, -0.1) is 0 Å². The molecule has 1 amide bonds. The Hall–Kier alpha value is -2.00. The number of rotatable bonds is 6. The topological polar surface area (TPSA) is 38.3 Å². The molecule has 2 aromatic carbocycles. The predicted molar refractivity (Wildman–Crippen MR) is 85.1 cm³/mol. The van der Waals surface area contributed by atoms with Gasteiger partial charge < -0.3 is 10.1 Å². The summed E-state index contributed by atoms with van der Waals surface area (Å²) in [5.41, 5.74) is 1.64.